The van der Waals surface area contributed by atoms with Crippen molar-refractivity contribution in [3.63, 3.8) is 0 Å². The molecule has 2 aromatic heterocycles. The molecule has 0 unspecified atom stereocenters. The number of nitrogens with zero attached hydrogens (tertiary/aromatic N) is 4. The second-order valence-electron chi connectivity index (χ2n) is 11.2. The fraction of sp³-hybridized carbons (Fsp3) is 0.727. The van der Waals surface area contributed by atoms with Crippen LogP contribution < -0.4 is 0 Å². The number of halogens is 28. The molecule has 2 rings (SSSR count). The summed E-state index contributed by atoms with van der Waals surface area (Å²) in [5.74, 6) is -50.6. The van der Waals surface area contributed by atoms with Crippen molar-refractivity contribution in [3.05, 3.63) is 9.54 Å². The first-order chi connectivity index (χ1) is 25.8. The molecule has 0 aliphatic carbocycles. The van der Waals surface area contributed by atoms with E-state index in [1.54, 1.807) is 0 Å². The summed E-state index contributed by atoms with van der Waals surface area (Å²) in [4.78, 5) is 0. The Balaban J connectivity index is 0.00000116. The van der Waals surface area contributed by atoms with Gasteiger partial charge in [-0.15, -0.1) is 20.1 Å². The summed E-state index contributed by atoms with van der Waals surface area (Å²) in [6, 6.07) is 0. The molecule has 0 bridgehead atoms. The van der Waals surface area contributed by atoms with Crippen LogP contribution in [0.4, 0.5) is 123 Å². The van der Waals surface area contributed by atoms with Crippen molar-refractivity contribution in [1.82, 2.24) is 18.3 Å². The van der Waals surface area contributed by atoms with Gasteiger partial charge in [0.15, 0.2) is 9.54 Å². The fourth-order valence-corrected chi connectivity index (χ4v) is 5.58. The van der Waals surface area contributed by atoms with Crippen LogP contribution in [0.5, 0.6) is 0 Å². The smallest absolute Gasteiger partial charge is 0.459 e. The normalized spacial score (nSPS) is 14.8. The SMILES string of the molecule is FC(F)(F)C(F)(F)C(F)(F)Cn1c([S-])c([S-])n(CC(F)(F)C(F)(F)C(F)(F)F)c1=S.FC(F)(F)C(F)(F)C(F)(F)Cn1c([S-])c([S-])n(CC(F)(F)C(F)(F)C(F)(F)F)c1=S.[Ni]. The van der Waals surface area contributed by atoms with Crippen LogP contribution in [0.3, 0.4) is 0 Å². The van der Waals surface area contributed by atoms with Crippen LogP contribution in [0, 0.1) is 9.54 Å². The molecule has 0 radical (unpaired) electrons. The summed E-state index contributed by atoms with van der Waals surface area (Å²) in [6.45, 7) is -10.7. The molecule has 39 heteroatoms. The molecule has 0 saturated carbocycles. The first-order valence-corrected chi connectivity index (χ1v) is 15.9. The Morgan fingerprint density at radius 2 is 0.410 bits per heavy atom. The predicted molar refractivity (Wildman–Crippen MR) is 153 cm³/mol. The fourth-order valence-electron chi connectivity index (χ4n) is 3.68. The van der Waals surface area contributed by atoms with Crippen molar-refractivity contribution in [1.29, 1.82) is 0 Å². The Bertz CT molecular complexity index is 1710. The molecule has 2 aromatic rings. The third-order valence-electron chi connectivity index (χ3n) is 6.96. The van der Waals surface area contributed by atoms with E-state index < -0.39 is 146 Å². The molecular formula is C22H8F28N4NiS6-4. The zero-order valence-corrected chi connectivity index (χ0v) is 32.9. The van der Waals surface area contributed by atoms with Crippen LogP contribution in [0.2, 0.25) is 0 Å². The van der Waals surface area contributed by atoms with Crippen LogP contribution in [0.15, 0.2) is 20.1 Å². The topological polar surface area (TPSA) is 19.7 Å². The van der Waals surface area contributed by atoms with Gasteiger partial charge in [0.05, 0.1) is 26.2 Å². The van der Waals surface area contributed by atoms with Gasteiger partial charge < -0.3 is 68.8 Å². The summed E-state index contributed by atoms with van der Waals surface area (Å²) < 4.78 is 353. The molecular weight excluding hydrogens is 1100 g/mol. The summed E-state index contributed by atoms with van der Waals surface area (Å²) in [6.07, 6.45) is -27.1. The first-order valence-electron chi connectivity index (χ1n) is 13.5. The molecule has 0 spiro atoms. The Hall–Kier alpha value is -1.73. The van der Waals surface area contributed by atoms with Gasteiger partial charge in [-0.05, 0) is 24.4 Å². The Labute approximate surface area is 359 Å². The van der Waals surface area contributed by atoms with E-state index in [1.807, 2.05) is 0 Å². The van der Waals surface area contributed by atoms with Crippen molar-refractivity contribution >= 4 is 75.0 Å². The van der Waals surface area contributed by atoms with E-state index in [4.69, 9.17) is 0 Å². The summed E-state index contributed by atoms with van der Waals surface area (Å²) in [5.41, 5.74) is 0. The average Bonchev–Trinajstić information content (AvgIpc) is 3.32. The molecule has 0 amide bonds. The van der Waals surface area contributed by atoms with E-state index in [0.29, 0.717) is 0 Å². The molecule has 0 fully saturated rings. The molecule has 0 aliphatic rings. The molecule has 0 saturated heterocycles. The molecule has 0 atom stereocenters. The zero-order valence-electron chi connectivity index (χ0n) is 27.0. The third-order valence-corrected chi connectivity index (χ3v) is 9.75. The number of alkyl halides is 28. The zero-order chi connectivity index (χ0) is 48.6. The van der Waals surface area contributed by atoms with Gasteiger partial charge in [0.25, 0.3) is 0 Å². The van der Waals surface area contributed by atoms with Crippen molar-refractivity contribution < 1.29 is 139 Å². The van der Waals surface area contributed by atoms with Gasteiger partial charge in [0.1, 0.15) is 0 Å². The molecule has 4 nitrogen and oxygen atoms in total. The van der Waals surface area contributed by atoms with E-state index >= 15 is 0 Å². The minimum atomic E-state index is -6.78. The van der Waals surface area contributed by atoms with Gasteiger partial charge in [0, 0.05) is 16.5 Å². The summed E-state index contributed by atoms with van der Waals surface area (Å²) in [5, 5.41) is -5.34. The minimum absolute atomic E-state index is 0. The largest absolute Gasteiger partial charge is 0.762 e. The minimum Gasteiger partial charge on any atom is -0.762 e. The summed E-state index contributed by atoms with van der Waals surface area (Å²) in [7, 11) is 0. The maximum absolute atomic E-state index is 13.5. The van der Waals surface area contributed by atoms with Crippen molar-refractivity contribution in [2.24, 2.45) is 0 Å². The number of imidazole rings is 2. The summed E-state index contributed by atoms with van der Waals surface area (Å²) >= 11 is 25.7. The van der Waals surface area contributed by atoms with Gasteiger partial charge in [-0.1, -0.05) is 0 Å². The first kappa shape index (κ1) is 59.3. The predicted octanol–water partition coefficient (Wildman–Crippen LogP) is 11.0. The van der Waals surface area contributed by atoms with Crippen molar-refractivity contribution in [3.8, 4) is 0 Å². The number of rotatable bonds is 12. The molecule has 0 aromatic carbocycles. The Kier molecular flexibility index (Phi) is 17.1. The average molecular weight is 1110 g/mol. The second kappa shape index (κ2) is 17.6. The van der Waals surface area contributed by atoms with Crippen molar-refractivity contribution in [2.75, 3.05) is 0 Å². The van der Waals surface area contributed by atoms with Crippen LogP contribution in [-0.2, 0) is 93.2 Å². The maximum Gasteiger partial charge on any atom is 0.459 e. The van der Waals surface area contributed by atoms with Gasteiger partial charge in [-0.2, -0.15) is 123 Å². The Morgan fingerprint density at radius 3 is 0.508 bits per heavy atom. The van der Waals surface area contributed by atoms with Gasteiger partial charge in [-0.3, -0.25) is 0 Å². The van der Waals surface area contributed by atoms with Crippen LogP contribution in [0.1, 0.15) is 0 Å². The molecule has 0 N–H and O–H groups in total. The van der Waals surface area contributed by atoms with Gasteiger partial charge in [0.2, 0.25) is 0 Å². The van der Waals surface area contributed by atoms with E-state index in [1.165, 1.54) is 0 Å². The van der Waals surface area contributed by atoms with E-state index in [9.17, 15) is 123 Å². The third kappa shape index (κ3) is 10.9. The molecule has 2 heterocycles. The van der Waals surface area contributed by atoms with Crippen LogP contribution in [0.25, 0.3) is 0 Å². The second-order valence-corrected chi connectivity index (χ2v) is 13.5. The number of hydrogen-bond acceptors (Lipinski definition) is 6. The maximum atomic E-state index is 13.5. The van der Waals surface area contributed by atoms with E-state index in [2.05, 4.69) is 75.0 Å². The van der Waals surface area contributed by atoms with E-state index in [0.717, 1.165) is 0 Å². The van der Waals surface area contributed by atoms with Crippen LogP contribution >= 0.6 is 24.4 Å². The number of aromatic nitrogens is 4. The molecule has 0 aliphatic heterocycles. The van der Waals surface area contributed by atoms with Gasteiger partial charge >= 0.3 is 72.1 Å². The van der Waals surface area contributed by atoms with Gasteiger partial charge in [-0.25, -0.2) is 0 Å². The quantitative estimate of drug-likeness (QED) is 0.0907. The molecule has 362 valence electrons. The van der Waals surface area contributed by atoms with E-state index in [-0.39, 0.29) is 16.5 Å². The Morgan fingerprint density at radius 1 is 0.295 bits per heavy atom. The molecule has 61 heavy (non-hydrogen) atoms. The number of hydrogen-bond donors (Lipinski definition) is 0. The van der Waals surface area contributed by atoms with Crippen LogP contribution in [-0.4, -0.2) is 90.4 Å². The van der Waals surface area contributed by atoms with Crippen molar-refractivity contribution in [2.45, 2.75) is 118 Å². The monoisotopic (exact) mass is 1110 g/mol. The standard InChI is InChI=1S/2C11H6F14N2S3.Ni/c2*12-6(13,8(16,17)10(20,21)22)1-26-3(28)4(29)27(5(26)30)2-7(14,15)9(18,19)11(23,24)25;/h2*28-29H,1-2H2;/p-4.